The number of alkyl halides is 1. The van der Waals surface area contributed by atoms with Crippen LogP contribution < -0.4 is 20.4 Å². The van der Waals surface area contributed by atoms with E-state index in [1.54, 1.807) is 0 Å². The highest BCUT2D eigenvalue weighted by molar-refractivity contribution is 6.42. The first-order chi connectivity index (χ1) is 10.4. The van der Waals surface area contributed by atoms with Gasteiger partial charge in [0.15, 0.2) is 0 Å². The van der Waals surface area contributed by atoms with Crippen molar-refractivity contribution in [3.8, 4) is 0 Å². The second-order valence-electron chi connectivity index (χ2n) is 5.81. The number of hydrogen-bond acceptors (Lipinski definition) is 8. The zero-order valence-corrected chi connectivity index (χ0v) is 12.9. The van der Waals surface area contributed by atoms with Crippen molar-refractivity contribution in [2.45, 2.75) is 11.8 Å². The second kappa shape index (κ2) is 5.10. The normalized spacial score (nSPS) is 42.0. The molecule has 0 N–H and O–H groups in total. The average molecular weight is 363 g/mol. The fourth-order valence-electron chi connectivity index (χ4n) is 3.85. The van der Waals surface area contributed by atoms with Crippen LogP contribution in [0.1, 0.15) is 6.92 Å². The van der Waals surface area contributed by atoms with Crippen molar-refractivity contribution >= 4 is 47.1 Å². The minimum absolute atomic E-state index is 0.500. The van der Waals surface area contributed by atoms with Crippen LogP contribution in [0.4, 0.5) is 0 Å². The molecule has 0 heterocycles. The molecule has 0 unspecified atom stereocenters. The number of carboxylic acid groups (broad SMARTS) is 4. The Morgan fingerprint density at radius 3 is 1.43 bits per heavy atom. The number of halogens is 2. The summed E-state index contributed by atoms with van der Waals surface area (Å²) in [6.07, 6.45) is 0.932. The van der Waals surface area contributed by atoms with Crippen LogP contribution in [0.3, 0.4) is 0 Å². The van der Waals surface area contributed by atoms with Crippen molar-refractivity contribution in [1.82, 2.24) is 0 Å². The van der Waals surface area contributed by atoms with E-state index in [4.69, 9.17) is 23.2 Å². The van der Waals surface area contributed by atoms with Gasteiger partial charge in [-0.2, -0.15) is 0 Å². The molecule has 0 aromatic rings. The second-order valence-corrected chi connectivity index (χ2v) is 6.85. The molecule has 1 fully saturated rings. The number of fused-ring (bicyclic) bond motifs is 2. The van der Waals surface area contributed by atoms with E-state index in [-0.39, 0.29) is 0 Å². The van der Waals surface area contributed by atoms with Crippen LogP contribution in [-0.2, 0) is 19.2 Å². The summed E-state index contributed by atoms with van der Waals surface area (Å²) < 4.78 is 0. The van der Waals surface area contributed by atoms with E-state index in [1.807, 2.05) is 0 Å². The third kappa shape index (κ3) is 2.05. The van der Waals surface area contributed by atoms with E-state index >= 15 is 0 Å². The molecule has 0 spiro atoms. The number of hydrogen-bond donors (Lipinski definition) is 0. The van der Waals surface area contributed by atoms with Crippen LogP contribution in [0.2, 0.25) is 0 Å². The van der Waals surface area contributed by atoms with Crippen LogP contribution in [0, 0.1) is 29.1 Å². The number of carbonyl (C=O) groups excluding carboxylic acids is 4. The summed E-state index contributed by atoms with van der Waals surface area (Å²) in [5, 5.41) is 45.3. The standard InChI is InChI=1S/C13H12Cl2O8/c1-12-2-3(14)13(15,6(10(20)21)4(12)8(16)17)7(11(22)23)5(12)9(18)19/h2,4-7H,1H3,(H,16,17)(H,18,19)(H,20,21)(H,22,23)/p-4/t4-,5-,6+,7+,12?,13?/m1/s1. The number of rotatable bonds is 4. The number of carboxylic acids is 4. The Balaban J connectivity index is 2.88. The molecule has 0 aliphatic heterocycles. The quantitative estimate of drug-likeness (QED) is 0.452. The summed E-state index contributed by atoms with van der Waals surface area (Å²) in [5.41, 5.74) is -2.03. The average Bonchev–Trinajstić information content (AvgIpc) is 2.36. The van der Waals surface area contributed by atoms with Gasteiger partial charge in [-0.15, -0.1) is 11.6 Å². The molecular formula is C13H8Cl2O8-4. The number of allylic oxidation sites excluding steroid dienone is 2. The molecule has 4 atom stereocenters. The lowest BCUT2D eigenvalue weighted by Crippen LogP contribution is -2.74. The molecule has 0 radical (unpaired) electrons. The molecule has 23 heavy (non-hydrogen) atoms. The highest BCUT2D eigenvalue weighted by atomic mass is 35.5. The number of aliphatic carboxylic acids is 4. The van der Waals surface area contributed by atoms with Crippen LogP contribution in [0.15, 0.2) is 11.1 Å². The molecular weight excluding hydrogens is 355 g/mol. The summed E-state index contributed by atoms with van der Waals surface area (Å²) in [4.78, 5) is 43.2. The Morgan fingerprint density at radius 2 is 1.17 bits per heavy atom. The van der Waals surface area contributed by atoms with Gasteiger partial charge in [-0.05, 0) is 0 Å². The van der Waals surface area contributed by atoms with E-state index in [2.05, 4.69) is 0 Å². The van der Waals surface area contributed by atoms with Gasteiger partial charge < -0.3 is 39.6 Å². The van der Waals surface area contributed by atoms with Crippen LogP contribution >= 0.6 is 23.2 Å². The first-order valence-corrected chi connectivity index (χ1v) is 7.07. The topological polar surface area (TPSA) is 161 Å². The molecule has 2 bridgehead atoms. The van der Waals surface area contributed by atoms with E-state index < -0.39 is 62.9 Å². The SMILES string of the molecule is CC12C=C(Cl)C(Cl)([C@H](C(=O)[O-])[C@@H]1C(=O)[O-])[C@H](C(=O)[O-])[C@@H]2C(=O)[O-]. The maximum absolute atomic E-state index is 11.4. The van der Waals surface area contributed by atoms with E-state index in [1.165, 1.54) is 0 Å². The van der Waals surface area contributed by atoms with Crippen molar-refractivity contribution in [2.24, 2.45) is 29.1 Å². The van der Waals surface area contributed by atoms with Gasteiger partial charge in [0.1, 0.15) is 0 Å². The molecule has 3 aliphatic carbocycles. The fourth-order valence-corrected chi connectivity index (χ4v) is 4.80. The summed E-state index contributed by atoms with van der Waals surface area (Å²) >= 11 is 12.0. The lowest BCUT2D eigenvalue weighted by atomic mass is 9.46. The zero-order chi connectivity index (χ0) is 17.9. The van der Waals surface area contributed by atoms with Crippen LogP contribution in [-0.4, -0.2) is 28.8 Å². The minimum Gasteiger partial charge on any atom is -0.550 e. The molecule has 3 aliphatic rings. The van der Waals surface area contributed by atoms with Gasteiger partial charge >= 0.3 is 0 Å². The lowest BCUT2D eigenvalue weighted by molar-refractivity contribution is -0.351. The van der Waals surface area contributed by atoms with Crippen LogP contribution in [0.25, 0.3) is 0 Å². The molecule has 8 nitrogen and oxygen atoms in total. The van der Waals surface area contributed by atoms with Gasteiger partial charge in [-0.25, -0.2) is 0 Å². The Labute approximate surface area is 139 Å². The van der Waals surface area contributed by atoms with E-state index in [0.29, 0.717) is 0 Å². The van der Waals surface area contributed by atoms with Gasteiger partial charge in [0.05, 0.1) is 4.87 Å². The van der Waals surface area contributed by atoms with E-state index in [9.17, 15) is 39.6 Å². The Hall–Kier alpha value is -1.80. The highest BCUT2D eigenvalue weighted by Crippen LogP contribution is 2.65. The van der Waals surface area contributed by atoms with Gasteiger partial charge in [-0.3, -0.25) is 0 Å². The number of carbonyl (C=O) groups is 4. The van der Waals surface area contributed by atoms with Gasteiger partial charge in [0, 0.05) is 58.0 Å². The van der Waals surface area contributed by atoms with Crippen molar-refractivity contribution in [3.05, 3.63) is 11.1 Å². The Morgan fingerprint density at radius 1 is 0.870 bits per heavy atom. The van der Waals surface area contributed by atoms with Crippen molar-refractivity contribution in [2.75, 3.05) is 0 Å². The molecule has 0 saturated heterocycles. The van der Waals surface area contributed by atoms with Crippen LogP contribution in [0.5, 0.6) is 0 Å². The predicted octanol–water partition coefficient (Wildman–Crippen LogP) is -4.42. The fraction of sp³-hybridized carbons (Fsp3) is 0.538. The predicted molar refractivity (Wildman–Crippen MR) is 64.6 cm³/mol. The molecule has 0 amide bonds. The third-order valence-corrected chi connectivity index (χ3v) is 5.92. The Kier molecular flexibility index (Phi) is 3.89. The summed E-state index contributed by atoms with van der Waals surface area (Å²) in [7, 11) is 0. The van der Waals surface area contributed by atoms with E-state index in [0.717, 1.165) is 13.0 Å². The van der Waals surface area contributed by atoms with Gasteiger partial charge in [-0.1, -0.05) is 24.6 Å². The smallest absolute Gasteiger partial charge is 0.0970 e. The minimum atomic E-state index is -2.56. The van der Waals surface area contributed by atoms with Gasteiger partial charge in [0.25, 0.3) is 0 Å². The molecule has 3 rings (SSSR count). The first-order valence-electron chi connectivity index (χ1n) is 6.31. The van der Waals surface area contributed by atoms with Crippen molar-refractivity contribution in [3.63, 3.8) is 0 Å². The maximum atomic E-state index is 11.4. The summed E-state index contributed by atoms with van der Waals surface area (Å²) in [5.74, 6) is -16.0. The molecule has 126 valence electrons. The monoisotopic (exact) mass is 362 g/mol. The van der Waals surface area contributed by atoms with Gasteiger partial charge in [0.2, 0.25) is 0 Å². The Bertz CT molecular complexity index is 614. The zero-order valence-electron chi connectivity index (χ0n) is 11.4. The maximum Gasteiger partial charge on any atom is 0.0970 e. The third-order valence-electron chi connectivity index (χ3n) is 4.73. The lowest BCUT2D eigenvalue weighted by Gasteiger charge is -2.64. The summed E-state index contributed by atoms with van der Waals surface area (Å²) in [6.45, 7) is 1.04. The molecule has 0 aromatic heterocycles. The largest absolute Gasteiger partial charge is 0.550 e. The highest BCUT2D eigenvalue weighted by Gasteiger charge is 2.68. The van der Waals surface area contributed by atoms with Crippen molar-refractivity contribution in [1.29, 1.82) is 0 Å². The molecule has 0 aromatic carbocycles. The first kappa shape index (κ1) is 17.6. The molecule has 10 heteroatoms. The summed E-state index contributed by atoms with van der Waals surface area (Å²) in [6, 6.07) is 0. The molecule has 1 saturated carbocycles. The van der Waals surface area contributed by atoms with Crippen molar-refractivity contribution < 1.29 is 39.6 Å².